The second-order valence-electron chi connectivity index (χ2n) is 12.4. The molecule has 2 aromatic rings. The van der Waals surface area contributed by atoms with Crippen LogP contribution < -0.4 is 4.90 Å². The Morgan fingerprint density at radius 1 is 0.680 bits per heavy atom. The number of ketones is 2. The van der Waals surface area contributed by atoms with Crippen LogP contribution in [0.2, 0.25) is 0 Å². The Morgan fingerprint density at radius 2 is 1.16 bits per heavy atom. The van der Waals surface area contributed by atoms with Gasteiger partial charge in [-0.05, 0) is 29.2 Å². The van der Waals surface area contributed by atoms with Crippen molar-refractivity contribution in [2.45, 2.75) is 47.0 Å². The number of nitro benzene ring substituents is 1. The lowest BCUT2D eigenvalue weighted by molar-refractivity contribution is -0.384. The Kier molecular flexibility index (Phi) is 18.2. The first-order valence-corrected chi connectivity index (χ1v) is 17.4. The Bertz CT molecular complexity index is 1380. The number of amides is 1. The highest BCUT2D eigenvalue weighted by molar-refractivity contribution is 5.99. The number of Topliss-reactive ketones (excluding diaryl/α,β-unsaturated/α-hetero) is 2. The van der Waals surface area contributed by atoms with Crippen molar-refractivity contribution in [3.8, 4) is 11.1 Å². The minimum Gasteiger partial charge on any atom is -0.379 e. The van der Waals surface area contributed by atoms with E-state index in [1.54, 1.807) is 24.3 Å². The van der Waals surface area contributed by atoms with E-state index in [0.29, 0.717) is 109 Å². The van der Waals surface area contributed by atoms with Crippen molar-refractivity contribution < 1.29 is 47.7 Å². The molecule has 0 bridgehead atoms. The maximum atomic E-state index is 13.0. The number of benzene rings is 2. The summed E-state index contributed by atoms with van der Waals surface area (Å²) in [4.78, 5) is 49.9. The van der Waals surface area contributed by atoms with Crippen LogP contribution in [0.1, 0.15) is 56.5 Å². The van der Waals surface area contributed by atoms with Gasteiger partial charge >= 0.3 is 0 Å². The van der Waals surface area contributed by atoms with Gasteiger partial charge in [0.25, 0.3) is 5.69 Å². The van der Waals surface area contributed by atoms with E-state index in [0.717, 1.165) is 11.1 Å². The fourth-order valence-electron chi connectivity index (χ4n) is 5.20. The number of hydrogen-bond donors (Lipinski definition) is 0. The fraction of sp³-hybridized carbons (Fsp3) is 0.595. The first kappa shape index (κ1) is 40.8. The van der Waals surface area contributed by atoms with Crippen LogP contribution in [0.25, 0.3) is 11.1 Å². The number of hydrogen-bond acceptors (Lipinski definition) is 11. The molecule has 0 aliphatic carbocycles. The first-order chi connectivity index (χ1) is 24.1. The van der Waals surface area contributed by atoms with E-state index in [1.165, 1.54) is 11.0 Å². The van der Waals surface area contributed by atoms with Gasteiger partial charge in [0, 0.05) is 36.4 Å². The lowest BCUT2D eigenvalue weighted by Gasteiger charge is -2.18. The summed E-state index contributed by atoms with van der Waals surface area (Å²) in [5, 5.41) is 12.1. The fourth-order valence-corrected chi connectivity index (χ4v) is 5.20. The molecule has 0 fully saturated rings. The van der Waals surface area contributed by atoms with E-state index in [4.69, 9.17) is 28.4 Å². The average Bonchev–Trinajstić information content (AvgIpc) is 3.54. The van der Waals surface area contributed by atoms with Crippen LogP contribution in [0.4, 0.5) is 11.4 Å². The van der Waals surface area contributed by atoms with Gasteiger partial charge < -0.3 is 33.3 Å². The predicted octanol–water partition coefficient (Wildman–Crippen LogP) is 5.09. The Balaban J connectivity index is 1.23. The highest BCUT2D eigenvalue weighted by Gasteiger charge is 2.33. The molecule has 1 aliphatic heterocycles. The molecule has 1 heterocycles. The van der Waals surface area contributed by atoms with E-state index < -0.39 is 4.92 Å². The van der Waals surface area contributed by atoms with Gasteiger partial charge in [0.15, 0.2) is 5.78 Å². The third kappa shape index (κ3) is 13.6. The van der Waals surface area contributed by atoms with Crippen molar-refractivity contribution >= 4 is 28.8 Å². The molecule has 0 unspecified atom stereocenters. The summed E-state index contributed by atoms with van der Waals surface area (Å²) < 4.78 is 32.8. The van der Waals surface area contributed by atoms with Crippen molar-refractivity contribution in [2.75, 3.05) is 90.7 Å². The zero-order chi connectivity index (χ0) is 36.3. The van der Waals surface area contributed by atoms with Crippen LogP contribution in [0.3, 0.4) is 0 Å². The largest absolute Gasteiger partial charge is 0.379 e. The molecule has 1 amide bonds. The molecule has 3 rings (SSSR count). The molecule has 13 nitrogen and oxygen atoms in total. The number of anilines is 1. The summed E-state index contributed by atoms with van der Waals surface area (Å²) in [7, 11) is 0. The summed E-state index contributed by atoms with van der Waals surface area (Å²) in [6.07, 6.45) is 1.03. The van der Waals surface area contributed by atoms with Crippen molar-refractivity contribution in [3.63, 3.8) is 0 Å². The molecule has 0 N–H and O–H groups in total. The lowest BCUT2D eigenvalue weighted by atomic mass is 9.96. The molecule has 0 saturated heterocycles. The third-order valence-electron chi connectivity index (χ3n) is 8.03. The van der Waals surface area contributed by atoms with Crippen molar-refractivity contribution in [1.82, 2.24) is 0 Å². The van der Waals surface area contributed by atoms with Gasteiger partial charge in [-0.15, -0.1) is 0 Å². The molecular formula is C37H52N2O11. The topological polar surface area (TPSA) is 153 Å². The highest BCUT2D eigenvalue weighted by Crippen LogP contribution is 2.41. The molecule has 0 atom stereocenters. The SMILES string of the molecule is CC(C)C(=O)CCOCCOCCOCCOCCOCCOCCC(=O)N1CCc2cc(-c3ccc(C(=O)C(C)C)cc3)cc([N+](=O)[O-])c21. The normalized spacial score (nSPS) is 12.6. The van der Waals surface area contributed by atoms with Crippen LogP contribution >= 0.6 is 0 Å². The van der Waals surface area contributed by atoms with Crippen molar-refractivity contribution in [2.24, 2.45) is 11.8 Å². The number of carbonyl (C=O) groups excluding carboxylic acids is 3. The van der Waals surface area contributed by atoms with Gasteiger partial charge in [-0.25, -0.2) is 0 Å². The summed E-state index contributed by atoms with van der Waals surface area (Å²) >= 11 is 0. The lowest BCUT2D eigenvalue weighted by Crippen LogP contribution is -2.30. The maximum absolute atomic E-state index is 13.0. The van der Waals surface area contributed by atoms with Crippen molar-refractivity contribution in [3.05, 3.63) is 57.6 Å². The van der Waals surface area contributed by atoms with Gasteiger partial charge in [0.1, 0.15) is 11.5 Å². The molecule has 0 spiro atoms. The first-order valence-electron chi connectivity index (χ1n) is 17.4. The van der Waals surface area contributed by atoms with Crippen LogP contribution in [0.15, 0.2) is 36.4 Å². The molecule has 2 aromatic carbocycles. The Hall–Kier alpha value is -3.59. The standard InChI is InChI=1S/C37H52N2O11/c1-27(2)34(40)10-13-45-15-17-47-19-21-49-23-24-50-22-20-48-18-16-46-14-11-35(41)38-12-9-31-25-32(26-33(36(31)38)39(43)44)29-5-7-30(8-6-29)37(42)28(3)4/h5-8,25-28H,9-24H2,1-4H3. The third-order valence-corrected chi connectivity index (χ3v) is 8.03. The summed E-state index contributed by atoms with van der Waals surface area (Å²) in [5.74, 6) is -0.0844. The molecule has 276 valence electrons. The Labute approximate surface area is 294 Å². The van der Waals surface area contributed by atoms with Gasteiger partial charge in [0.2, 0.25) is 5.91 Å². The van der Waals surface area contributed by atoms with Gasteiger partial charge in [0.05, 0.1) is 90.6 Å². The quantitative estimate of drug-likeness (QED) is 0.0558. The highest BCUT2D eigenvalue weighted by atomic mass is 16.6. The van der Waals surface area contributed by atoms with E-state index in [-0.39, 0.29) is 48.0 Å². The number of fused-ring (bicyclic) bond motifs is 1. The second kappa shape index (κ2) is 22.3. The summed E-state index contributed by atoms with van der Waals surface area (Å²) in [6.45, 7) is 12.5. The predicted molar refractivity (Wildman–Crippen MR) is 188 cm³/mol. The smallest absolute Gasteiger partial charge is 0.293 e. The molecule has 0 saturated carbocycles. The van der Waals surface area contributed by atoms with Crippen LogP contribution in [0.5, 0.6) is 0 Å². The zero-order valence-corrected chi connectivity index (χ0v) is 29.8. The van der Waals surface area contributed by atoms with E-state index >= 15 is 0 Å². The molecule has 1 aliphatic rings. The van der Waals surface area contributed by atoms with E-state index in [2.05, 4.69) is 0 Å². The Morgan fingerprint density at radius 3 is 1.62 bits per heavy atom. The number of ether oxygens (including phenoxy) is 6. The number of carbonyl (C=O) groups is 3. The second-order valence-corrected chi connectivity index (χ2v) is 12.4. The summed E-state index contributed by atoms with van der Waals surface area (Å²) in [5.41, 5.74) is 3.00. The van der Waals surface area contributed by atoms with Crippen molar-refractivity contribution in [1.29, 1.82) is 0 Å². The zero-order valence-electron chi connectivity index (χ0n) is 29.8. The van der Waals surface area contributed by atoms with Gasteiger partial charge in [-0.3, -0.25) is 24.5 Å². The molecular weight excluding hydrogens is 648 g/mol. The van der Waals surface area contributed by atoms with E-state index in [1.807, 2.05) is 33.8 Å². The number of rotatable bonds is 26. The van der Waals surface area contributed by atoms with Crippen LogP contribution in [-0.4, -0.2) is 108 Å². The van der Waals surface area contributed by atoms with Crippen LogP contribution in [-0.2, 0) is 44.4 Å². The average molecular weight is 701 g/mol. The number of nitrogens with zero attached hydrogens (tertiary/aromatic N) is 2. The molecule has 0 aromatic heterocycles. The minimum atomic E-state index is -0.452. The van der Waals surface area contributed by atoms with Gasteiger partial charge in [-0.1, -0.05) is 52.0 Å². The van der Waals surface area contributed by atoms with Gasteiger partial charge in [-0.2, -0.15) is 0 Å². The molecule has 13 heteroatoms. The molecule has 0 radical (unpaired) electrons. The maximum Gasteiger partial charge on any atom is 0.293 e. The number of nitro groups is 1. The van der Waals surface area contributed by atoms with E-state index in [9.17, 15) is 24.5 Å². The summed E-state index contributed by atoms with van der Waals surface area (Å²) in [6, 6.07) is 10.4. The minimum absolute atomic E-state index is 0.0375. The van der Waals surface area contributed by atoms with Crippen LogP contribution in [0, 0.1) is 22.0 Å². The molecule has 50 heavy (non-hydrogen) atoms. The monoisotopic (exact) mass is 700 g/mol.